The highest BCUT2D eigenvalue weighted by Crippen LogP contribution is 2.12. The van der Waals surface area contributed by atoms with E-state index >= 15 is 0 Å². The third-order valence-electron chi connectivity index (χ3n) is 2.53. The maximum atomic E-state index is 8.00. The third-order valence-corrected chi connectivity index (χ3v) is 2.53. The summed E-state index contributed by atoms with van der Waals surface area (Å²) >= 11 is 0. The van der Waals surface area contributed by atoms with Gasteiger partial charge >= 0.3 is 0 Å². The number of carbonyl (C=O) groups excluding carboxylic acids is 1. The molecular formula is C14H35N2O+. The minimum atomic E-state index is 1.14. The summed E-state index contributed by atoms with van der Waals surface area (Å²) in [5.74, 6) is 0. The molecule has 0 spiro atoms. The first-order valence-corrected chi connectivity index (χ1v) is 6.88. The average Bonchev–Trinajstić information content (AvgIpc) is 2.36. The number of quaternary nitrogens is 1. The first-order chi connectivity index (χ1) is 8.12. The standard InChI is InChI=1S/C7H16N.C4H11N.C2H6.CH2O/c1-8(2)6-4-3-5-7-8;1-3-4-5-2;2*1-2/h3-7H2,1-2H3;5H,3-4H2,1-2H3;1-2H3;1H2/q+1;;;. The Bertz CT molecular complexity index is 117. The molecular weight excluding hydrogens is 212 g/mol. The summed E-state index contributed by atoms with van der Waals surface area (Å²) in [7, 11) is 6.60. The molecule has 106 valence electrons. The fourth-order valence-electron chi connectivity index (χ4n) is 1.62. The summed E-state index contributed by atoms with van der Waals surface area (Å²) < 4.78 is 1.25. The number of likely N-dealkylation sites (tertiary alicyclic amines) is 1. The smallest absolute Gasteiger partial charge is 0.106 e. The molecule has 1 aliphatic heterocycles. The van der Waals surface area contributed by atoms with Crippen molar-refractivity contribution in [1.29, 1.82) is 0 Å². The predicted molar refractivity (Wildman–Crippen MR) is 78.4 cm³/mol. The molecule has 1 aliphatic rings. The molecule has 0 saturated carbocycles. The van der Waals surface area contributed by atoms with Crippen molar-refractivity contribution < 1.29 is 9.28 Å². The molecule has 0 aromatic heterocycles. The van der Waals surface area contributed by atoms with Crippen molar-refractivity contribution in [3.05, 3.63) is 0 Å². The molecule has 0 radical (unpaired) electrons. The summed E-state index contributed by atoms with van der Waals surface area (Å²) in [5.41, 5.74) is 0. The van der Waals surface area contributed by atoms with Gasteiger partial charge < -0.3 is 14.6 Å². The van der Waals surface area contributed by atoms with Crippen molar-refractivity contribution in [2.75, 3.05) is 40.8 Å². The number of nitrogens with zero attached hydrogens (tertiary/aromatic N) is 1. The second-order valence-electron chi connectivity index (χ2n) is 4.55. The Morgan fingerprint density at radius 1 is 1.06 bits per heavy atom. The van der Waals surface area contributed by atoms with Crippen LogP contribution in [-0.2, 0) is 4.79 Å². The zero-order valence-electron chi connectivity index (χ0n) is 13.0. The molecule has 0 amide bonds. The largest absolute Gasteiger partial charge is 0.328 e. The van der Waals surface area contributed by atoms with Crippen LogP contribution in [0.4, 0.5) is 0 Å². The van der Waals surface area contributed by atoms with Crippen LogP contribution < -0.4 is 5.32 Å². The average molecular weight is 247 g/mol. The molecule has 1 heterocycles. The summed E-state index contributed by atoms with van der Waals surface area (Å²) in [6.45, 7) is 12.1. The van der Waals surface area contributed by atoms with Gasteiger partial charge in [0.15, 0.2) is 0 Å². The van der Waals surface area contributed by atoms with E-state index < -0.39 is 0 Å². The molecule has 0 aliphatic carbocycles. The third kappa shape index (κ3) is 21.4. The van der Waals surface area contributed by atoms with E-state index in [-0.39, 0.29) is 0 Å². The van der Waals surface area contributed by atoms with Gasteiger partial charge in [-0.1, -0.05) is 20.8 Å². The van der Waals surface area contributed by atoms with Crippen LogP contribution in [0.5, 0.6) is 0 Å². The maximum Gasteiger partial charge on any atom is 0.106 e. The van der Waals surface area contributed by atoms with Crippen LogP contribution in [0.1, 0.15) is 46.5 Å². The highest BCUT2D eigenvalue weighted by molar-refractivity contribution is 5.10. The van der Waals surface area contributed by atoms with Crippen LogP contribution in [0.2, 0.25) is 0 Å². The van der Waals surface area contributed by atoms with Crippen molar-refractivity contribution in [2.45, 2.75) is 46.5 Å². The molecule has 1 saturated heterocycles. The molecule has 3 nitrogen and oxygen atoms in total. The molecule has 0 aromatic carbocycles. The van der Waals surface area contributed by atoms with Crippen molar-refractivity contribution in [1.82, 2.24) is 5.32 Å². The molecule has 17 heavy (non-hydrogen) atoms. The Balaban J connectivity index is -0.000000190. The molecule has 3 heteroatoms. The monoisotopic (exact) mass is 247 g/mol. The number of piperidine rings is 1. The Morgan fingerprint density at radius 3 is 1.59 bits per heavy atom. The molecule has 1 rings (SSSR count). The lowest BCUT2D eigenvalue weighted by Crippen LogP contribution is -2.43. The van der Waals surface area contributed by atoms with Gasteiger partial charge in [-0.25, -0.2) is 0 Å². The molecule has 1 fully saturated rings. The zero-order valence-corrected chi connectivity index (χ0v) is 13.0. The predicted octanol–water partition coefficient (Wildman–Crippen LogP) is 2.70. The van der Waals surface area contributed by atoms with Crippen molar-refractivity contribution in [3.8, 4) is 0 Å². The van der Waals surface area contributed by atoms with Crippen molar-refractivity contribution in [3.63, 3.8) is 0 Å². The van der Waals surface area contributed by atoms with Crippen LogP contribution in [0.3, 0.4) is 0 Å². The van der Waals surface area contributed by atoms with E-state index in [0.717, 1.165) is 6.54 Å². The lowest BCUT2D eigenvalue weighted by Gasteiger charge is -2.33. The van der Waals surface area contributed by atoms with Gasteiger partial charge in [-0.15, -0.1) is 0 Å². The van der Waals surface area contributed by atoms with Crippen molar-refractivity contribution in [2.24, 2.45) is 0 Å². The van der Waals surface area contributed by atoms with E-state index in [1.54, 1.807) is 0 Å². The lowest BCUT2D eigenvalue weighted by atomic mass is 10.1. The number of nitrogens with one attached hydrogen (secondary N) is 1. The fourth-order valence-corrected chi connectivity index (χ4v) is 1.62. The highest BCUT2D eigenvalue weighted by atomic mass is 16.1. The summed E-state index contributed by atoms with van der Waals surface area (Å²) in [5, 5.41) is 3.02. The van der Waals surface area contributed by atoms with Gasteiger partial charge in [-0.2, -0.15) is 0 Å². The van der Waals surface area contributed by atoms with Gasteiger partial charge in [-0.3, -0.25) is 0 Å². The first kappa shape index (κ1) is 21.8. The highest BCUT2D eigenvalue weighted by Gasteiger charge is 2.17. The van der Waals surface area contributed by atoms with Gasteiger partial charge in [0.1, 0.15) is 6.79 Å². The summed E-state index contributed by atoms with van der Waals surface area (Å²) in [4.78, 5) is 8.00. The van der Waals surface area contributed by atoms with E-state index in [1.165, 1.54) is 43.3 Å². The van der Waals surface area contributed by atoms with Gasteiger partial charge in [0, 0.05) is 0 Å². The number of hydrogen-bond donors (Lipinski definition) is 1. The minimum Gasteiger partial charge on any atom is -0.328 e. The molecule has 0 unspecified atom stereocenters. The topological polar surface area (TPSA) is 29.1 Å². The number of rotatable bonds is 2. The molecule has 0 atom stereocenters. The van der Waals surface area contributed by atoms with Crippen LogP contribution in [-0.4, -0.2) is 52.0 Å². The van der Waals surface area contributed by atoms with Crippen LogP contribution in [0.15, 0.2) is 0 Å². The van der Waals surface area contributed by atoms with Crippen molar-refractivity contribution >= 4 is 6.79 Å². The molecule has 1 N–H and O–H groups in total. The summed E-state index contributed by atoms with van der Waals surface area (Å²) in [6, 6.07) is 0. The van der Waals surface area contributed by atoms with Gasteiger partial charge in [0.05, 0.1) is 27.2 Å². The number of hydrogen-bond acceptors (Lipinski definition) is 2. The van der Waals surface area contributed by atoms with E-state index in [4.69, 9.17) is 4.79 Å². The van der Waals surface area contributed by atoms with E-state index in [1.807, 2.05) is 27.7 Å². The zero-order chi connectivity index (χ0) is 14.2. The van der Waals surface area contributed by atoms with E-state index in [2.05, 4.69) is 26.3 Å². The molecule has 0 aromatic rings. The maximum absolute atomic E-state index is 8.00. The van der Waals surface area contributed by atoms with E-state index in [9.17, 15) is 0 Å². The van der Waals surface area contributed by atoms with Crippen LogP contribution >= 0.6 is 0 Å². The Kier molecular flexibility index (Phi) is 23.1. The molecule has 0 bridgehead atoms. The lowest BCUT2D eigenvalue weighted by molar-refractivity contribution is -0.894. The van der Waals surface area contributed by atoms with Gasteiger partial charge in [-0.05, 0) is 39.3 Å². The normalized spacial score (nSPS) is 16.1. The Hall–Kier alpha value is -0.410. The SMILES string of the molecule is C=O.CC.CCCNC.C[N+]1(C)CCCCC1. The second-order valence-corrected chi connectivity index (χ2v) is 4.55. The summed E-state index contributed by atoms with van der Waals surface area (Å²) in [6.07, 6.45) is 5.57. The van der Waals surface area contributed by atoms with Crippen LogP contribution in [0.25, 0.3) is 0 Å². The Labute approximate surface area is 109 Å². The quantitative estimate of drug-likeness (QED) is 0.760. The Morgan fingerprint density at radius 2 is 1.47 bits per heavy atom. The van der Waals surface area contributed by atoms with E-state index in [0.29, 0.717) is 0 Å². The second kappa shape index (κ2) is 18.0. The fraction of sp³-hybridized carbons (Fsp3) is 0.929. The first-order valence-electron chi connectivity index (χ1n) is 6.88. The minimum absolute atomic E-state index is 1.14. The number of carbonyl (C=O) groups is 1. The van der Waals surface area contributed by atoms with Gasteiger partial charge in [0.2, 0.25) is 0 Å². The van der Waals surface area contributed by atoms with Crippen LogP contribution in [0, 0.1) is 0 Å². The van der Waals surface area contributed by atoms with Gasteiger partial charge in [0.25, 0.3) is 0 Å².